The van der Waals surface area contributed by atoms with Crippen molar-refractivity contribution in [2.45, 2.75) is 65.2 Å². The van der Waals surface area contributed by atoms with Gasteiger partial charge in [0.15, 0.2) is 0 Å². The van der Waals surface area contributed by atoms with Crippen molar-refractivity contribution >= 4 is 5.78 Å². The summed E-state index contributed by atoms with van der Waals surface area (Å²) in [7, 11) is 1.66. The number of benzene rings is 1. The maximum Gasteiger partial charge on any atom is 0.137 e. The van der Waals surface area contributed by atoms with E-state index in [0.717, 1.165) is 17.7 Å². The molecule has 0 aromatic heterocycles. The minimum atomic E-state index is 0.324. The molecule has 1 rings (SSSR count). The topological polar surface area (TPSA) is 26.3 Å². The molecule has 0 bridgehead atoms. The maximum absolute atomic E-state index is 12.0. The fourth-order valence-electron chi connectivity index (χ4n) is 2.45. The first-order valence-corrected chi connectivity index (χ1v) is 7.82. The number of ketones is 1. The van der Waals surface area contributed by atoms with Crippen LogP contribution >= 0.6 is 0 Å². The van der Waals surface area contributed by atoms with Crippen molar-refractivity contribution in [3.8, 4) is 5.75 Å². The van der Waals surface area contributed by atoms with Crippen LogP contribution in [0.4, 0.5) is 0 Å². The first-order chi connectivity index (χ1) is 9.67. The van der Waals surface area contributed by atoms with Crippen LogP contribution in [0.5, 0.6) is 5.75 Å². The molecule has 2 nitrogen and oxygen atoms in total. The van der Waals surface area contributed by atoms with Gasteiger partial charge in [0.25, 0.3) is 0 Å². The molecular weight excluding hydrogens is 248 g/mol. The number of hydrogen-bond acceptors (Lipinski definition) is 2. The highest BCUT2D eigenvalue weighted by molar-refractivity contribution is 5.81. The van der Waals surface area contributed by atoms with Gasteiger partial charge in [-0.2, -0.15) is 0 Å². The lowest BCUT2D eigenvalue weighted by Crippen LogP contribution is -2.04. The Bertz CT molecular complexity index is 410. The molecule has 0 heterocycles. The molecule has 0 saturated heterocycles. The second kappa shape index (κ2) is 9.57. The van der Waals surface area contributed by atoms with Crippen molar-refractivity contribution < 1.29 is 9.53 Å². The van der Waals surface area contributed by atoms with Gasteiger partial charge in [-0.05, 0) is 19.4 Å². The summed E-state index contributed by atoms with van der Waals surface area (Å²) in [6.45, 7) is 4.26. The molecule has 0 N–H and O–H groups in total. The molecule has 0 saturated carbocycles. The van der Waals surface area contributed by atoms with Crippen LogP contribution < -0.4 is 4.74 Å². The quantitative estimate of drug-likeness (QED) is 0.570. The summed E-state index contributed by atoms with van der Waals surface area (Å²) < 4.78 is 5.32. The fourth-order valence-corrected chi connectivity index (χ4v) is 2.45. The summed E-state index contributed by atoms with van der Waals surface area (Å²) in [5.41, 5.74) is 2.19. The predicted molar refractivity (Wildman–Crippen MR) is 84.4 cm³/mol. The maximum atomic E-state index is 12.0. The number of ether oxygens (including phenoxy) is 1. The SMILES string of the molecule is CCCCCCCCC(=O)Cc1cc(C)ccc1OC. The summed E-state index contributed by atoms with van der Waals surface area (Å²) in [5, 5.41) is 0. The van der Waals surface area contributed by atoms with Crippen LogP contribution in [-0.4, -0.2) is 12.9 Å². The van der Waals surface area contributed by atoms with Crippen LogP contribution in [0.3, 0.4) is 0 Å². The Morgan fingerprint density at radius 3 is 2.50 bits per heavy atom. The Morgan fingerprint density at radius 1 is 1.10 bits per heavy atom. The number of hydrogen-bond donors (Lipinski definition) is 0. The summed E-state index contributed by atoms with van der Waals surface area (Å²) in [4.78, 5) is 12.0. The summed E-state index contributed by atoms with van der Waals surface area (Å²) in [6.07, 6.45) is 8.54. The predicted octanol–water partition coefficient (Wildman–Crippen LogP) is 4.87. The van der Waals surface area contributed by atoms with Gasteiger partial charge in [-0.25, -0.2) is 0 Å². The minimum absolute atomic E-state index is 0.324. The highest BCUT2D eigenvalue weighted by Gasteiger charge is 2.09. The van der Waals surface area contributed by atoms with E-state index in [1.807, 2.05) is 19.1 Å². The van der Waals surface area contributed by atoms with Gasteiger partial charge in [-0.3, -0.25) is 4.79 Å². The number of carbonyl (C=O) groups excluding carboxylic acids is 1. The highest BCUT2D eigenvalue weighted by Crippen LogP contribution is 2.21. The van der Waals surface area contributed by atoms with E-state index in [2.05, 4.69) is 13.0 Å². The molecule has 1 aromatic carbocycles. The van der Waals surface area contributed by atoms with Gasteiger partial charge in [-0.1, -0.05) is 56.7 Å². The third-order valence-electron chi connectivity index (χ3n) is 3.63. The zero-order valence-corrected chi connectivity index (χ0v) is 13.2. The molecule has 0 aliphatic carbocycles. The average molecular weight is 276 g/mol. The van der Waals surface area contributed by atoms with Crippen LogP contribution in [0.25, 0.3) is 0 Å². The monoisotopic (exact) mass is 276 g/mol. The standard InChI is InChI=1S/C18H28O2/c1-4-5-6-7-8-9-10-17(19)14-16-13-15(2)11-12-18(16)20-3/h11-13H,4-10,14H2,1-3H3. The van der Waals surface area contributed by atoms with Crippen molar-refractivity contribution in [2.24, 2.45) is 0 Å². The molecule has 0 aliphatic rings. The first-order valence-electron chi connectivity index (χ1n) is 7.82. The van der Waals surface area contributed by atoms with Crippen molar-refractivity contribution in [1.82, 2.24) is 0 Å². The normalized spacial score (nSPS) is 10.6. The van der Waals surface area contributed by atoms with Crippen LogP contribution in [0, 0.1) is 6.92 Å². The van der Waals surface area contributed by atoms with Gasteiger partial charge in [0.2, 0.25) is 0 Å². The van der Waals surface area contributed by atoms with Gasteiger partial charge in [0, 0.05) is 18.4 Å². The van der Waals surface area contributed by atoms with Gasteiger partial charge < -0.3 is 4.74 Å². The van der Waals surface area contributed by atoms with Crippen molar-refractivity contribution in [3.63, 3.8) is 0 Å². The Morgan fingerprint density at radius 2 is 1.80 bits per heavy atom. The van der Waals surface area contributed by atoms with E-state index in [-0.39, 0.29) is 0 Å². The van der Waals surface area contributed by atoms with Gasteiger partial charge in [-0.15, -0.1) is 0 Å². The van der Waals surface area contributed by atoms with Gasteiger partial charge in [0.1, 0.15) is 11.5 Å². The number of methoxy groups -OCH3 is 1. The lowest BCUT2D eigenvalue weighted by molar-refractivity contribution is -0.118. The van der Waals surface area contributed by atoms with Crippen molar-refractivity contribution in [2.75, 3.05) is 7.11 Å². The molecule has 0 fully saturated rings. The van der Waals surface area contributed by atoms with E-state index in [1.165, 1.54) is 37.7 Å². The van der Waals surface area contributed by atoms with E-state index in [9.17, 15) is 4.79 Å². The molecule has 0 radical (unpaired) electrons. The van der Waals surface area contributed by atoms with Gasteiger partial charge in [0.05, 0.1) is 7.11 Å². The molecule has 0 amide bonds. The van der Waals surface area contributed by atoms with E-state index >= 15 is 0 Å². The van der Waals surface area contributed by atoms with Crippen LogP contribution in [0.1, 0.15) is 63.0 Å². The third kappa shape index (κ3) is 6.23. The van der Waals surface area contributed by atoms with Gasteiger partial charge >= 0.3 is 0 Å². The zero-order chi connectivity index (χ0) is 14.8. The van der Waals surface area contributed by atoms with E-state index in [0.29, 0.717) is 18.6 Å². The average Bonchev–Trinajstić information content (AvgIpc) is 2.43. The Balaban J connectivity index is 2.33. The summed E-state index contributed by atoms with van der Waals surface area (Å²) >= 11 is 0. The largest absolute Gasteiger partial charge is 0.496 e. The second-order valence-electron chi connectivity index (χ2n) is 5.55. The number of unbranched alkanes of at least 4 members (excludes halogenated alkanes) is 5. The van der Waals surface area contributed by atoms with Crippen molar-refractivity contribution in [1.29, 1.82) is 0 Å². The molecule has 0 aliphatic heterocycles. The molecule has 2 heteroatoms. The third-order valence-corrected chi connectivity index (χ3v) is 3.63. The van der Waals surface area contributed by atoms with Crippen molar-refractivity contribution in [3.05, 3.63) is 29.3 Å². The molecular formula is C18H28O2. The van der Waals surface area contributed by atoms with Crippen LogP contribution in [-0.2, 0) is 11.2 Å². The second-order valence-corrected chi connectivity index (χ2v) is 5.55. The van der Waals surface area contributed by atoms with Crippen LogP contribution in [0.15, 0.2) is 18.2 Å². The van der Waals surface area contributed by atoms with E-state index in [4.69, 9.17) is 4.74 Å². The number of aryl methyl sites for hydroxylation is 1. The molecule has 112 valence electrons. The minimum Gasteiger partial charge on any atom is -0.496 e. The Labute approximate surface area is 123 Å². The first kappa shape index (κ1) is 16.7. The number of Topliss-reactive ketones (excluding diaryl/α,β-unsaturated/α-hetero) is 1. The zero-order valence-electron chi connectivity index (χ0n) is 13.2. The Hall–Kier alpha value is -1.31. The number of carbonyl (C=O) groups is 1. The Kier molecular flexibility index (Phi) is 8.01. The summed E-state index contributed by atoms with van der Waals surface area (Å²) in [5.74, 6) is 1.15. The summed E-state index contributed by atoms with van der Waals surface area (Å²) in [6, 6.07) is 6.02. The van der Waals surface area contributed by atoms with Crippen LogP contribution in [0.2, 0.25) is 0 Å². The van der Waals surface area contributed by atoms with E-state index in [1.54, 1.807) is 7.11 Å². The molecule has 0 atom stereocenters. The number of rotatable bonds is 10. The lowest BCUT2D eigenvalue weighted by atomic mass is 10.0. The molecule has 0 unspecified atom stereocenters. The molecule has 1 aromatic rings. The fraction of sp³-hybridized carbons (Fsp3) is 0.611. The molecule has 0 spiro atoms. The van der Waals surface area contributed by atoms with E-state index < -0.39 is 0 Å². The lowest BCUT2D eigenvalue weighted by Gasteiger charge is -2.09. The highest BCUT2D eigenvalue weighted by atomic mass is 16.5. The smallest absolute Gasteiger partial charge is 0.137 e. The molecule has 20 heavy (non-hydrogen) atoms.